The van der Waals surface area contributed by atoms with E-state index in [0.717, 1.165) is 26.9 Å². The van der Waals surface area contributed by atoms with E-state index >= 15 is 0 Å². The Balaban J connectivity index is 2.47. The minimum Gasteiger partial charge on any atom is -0.497 e. The van der Waals surface area contributed by atoms with Crippen LogP contribution in [0.2, 0.25) is 0 Å². The van der Waals surface area contributed by atoms with Crippen LogP contribution in [-0.2, 0) is 5.75 Å². The first kappa shape index (κ1) is 12.3. The van der Waals surface area contributed by atoms with Crippen LogP contribution in [0.25, 0.3) is 10.6 Å². The number of thiol groups is 1. The van der Waals surface area contributed by atoms with E-state index in [2.05, 4.69) is 17.6 Å². The quantitative estimate of drug-likeness (QED) is 0.863. The van der Waals surface area contributed by atoms with Crippen LogP contribution in [0.3, 0.4) is 0 Å². The second-order valence-electron chi connectivity index (χ2n) is 3.36. The summed E-state index contributed by atoms with van der Waals surface area (Å²) in [4.78, 5) is 5.51. The Bertz CT molecular complexity index is 511. The van der Waals surface area contributed by atoms with Crippen molar-refractivity contribution in [2.75, 3.05) is 14.2 Å². The molecule has 5 heteroatoms. The zero-order valence-electron chi connectivity index (χ0n) is 9.64. The summed E-state index contributed by atoms with van der Waals surface area (Å²) in [5.41, 5.74) is 0.949. The van der Waals surface area contributed by atoms with Gasteiger partial charge in [-0.05, 0) is 18.2 Å². The lowest BCUT2D eigenvalue weighted by atomic mass is 10.2. The molecule has 0 aliphatic heterocycles. The van der Waals surface area contributed by atoms with Crippen LogP contribution in [0.15, 0.2) is 24.4 Å². The van der Waals surface area contributed by atoms with Crippen LogP contribution in [-0.4, -0.2) is 19.2 Å². The van der Waals surface area contributed by atoms with Crippen molar-refractivity contribution in [2.45, 2.75) is 5.75 Å². The number of ether oxygens (including phenoxy) is 2. The molecule has 0 aliphatic rings. The molecule has 3 nitrogen and oxygen atoms in total. The maximum atomic E-state index is 5.33. The highest BCUT2D eigenvalue weighted by molar-refractivity contribution is 7.79. The molecular weight excluding hydrogens is 254 g/mol. The van der Waals surface area contributed by atoms with Crippen molar-refractivity contribution in [3.8, 4) is 22.1 Å². The van der Waals surface area contributed by atoms with Gasteiger partial charge < -0.3 is 9.47 Å². The normalized spacial score (nSPS) is 10.3. The molecule has 0 unspecified atom stereocenters. The number of hydrogen-bond acceptors (Lipinski definition) is 5. The first-order valence-corrected chi connectivity index (χ1v) is 6.51. The molecule has 2 rings (SSSR count). The maximum absolute atomic E-state index is 5.33. The molecule has 1 heterocycles. The van der Waals surface area contributed by atoms with Gasteiger partial charge >= 0.3 is 0 Å². The summed E-state index contributed by atoms with van der Waals surface area (Å²) < 4.78 is 10.5. The fourth-order valence-electron chi connectivity index (χ4n) is 1.49. The summed E-state index contributed by atoms with van der Waals surface area (Å²) in [5, 5.41) is 0.921. The lowest BCUT2D eigenvalue weighted by Gasteiger charge is -2.07. The van der Waals surface area contributed by atoms with Gasteiger partial charge in [-0.25, -0.2) is 4.98 Å². The second-order valence-corrected chi connectivity index (χ2v) is 4.79. The minimum absolute atomic E-state index is 0.698. The monoisotopic (exact) mass is 267 g/mol. The molecule has 0 amide bonds. The zero-order chi connectivity index (χ0) is 12.3. The Kier molecular flexibility index (Phi) is 3.91. The standard InChI is InChI=1S/C12H13NO2S2/c1-14-8-3-4-11(15-2)10(5-8)12-13-6-9(7-16)17-12/h3-6,16H,7H2,1-2H3. The molecule has 0 saturated carbocycles. The van der Waals surface area contributed by atoms with Crippen molar-refractivity contribution in [3.05, 3.63) is 29.3 Å². The van der Waals surface area contributed by atoms with Gasteiger partial charge in [-0.15, -0.1) is 11.3 Å². The van der Waals surface area contributed by atoms with E-state index in [9.17, 15) is 0 Å². The Morgan fingerprint density at radius 1 is 1.29 bits per heavy atom. The fourth-order valence-corrected chi connectivity index (χ4v) is 2.55. The van der Waals surface area contributed by atoms with Crippen LogP contribution in [0.1, 0.15) is 4.88 Å². The van der Waals surface area contributed by atoms with E-state index in [4.69, 9.17) is 9.47 Å². The van der Waals surface area contributed by atoms with Crippen molar-refractivity contribution in [2.24, 2.45) is 0 Å². The molecule has 0 atom stereocenters. The molecule has 0 fully saturated rings. The first-order valence-electron chi connectivity index (χ1n) is 5.06. The van der Waals surface area contributed by atoms with E-state index < -0.39 is 0 Å². The fraction of sp³-hybridized carbons (Fsp3) is 0.250. The van der Waals surface area contributed by atoms with Crippen molar-refractivity contribution in [1.29, 1.82) is 0 Å². The Hall–Kier alpha value is -1.20. The van der Waals surface area contributed by atoms with Gasteiger partial charge in [0.2, 0.25) is 0 Å². The lowest BCUT2D eigenvalue weighted by Crippen LogP contribution is -1.89. The van der Waals surface area contributed by atoms with Crippen LogP contribution >= 0.6 is 24.0 Å². The number of rotatable bonds is 4. The largest absolute Gasteiger partial charge is 0.497 e. The highest BCUT2D eigenvalue weighted by Gasteiger charge is 2.11. The molecule has 1 aromatic carbocycles. The van der Waals surface area contributed by atoms with E-state index in [0.29, 0.717) is 5.75 Å². The van der Waals surface area contributed by atoms with Crippen LogP contribution in [0.4, 0.5) is 0 Å². The first-order chi connectivity index (χ1) is 8.28. The summed E-state index contributed by atoms with van der Waals surface area (Å²) in [6.07, 6.45) is 1.84. The van der Waals surface area contributed by atoms with Gasteiger partial charge in [-0.2, -0.15) is 12.6 Å². The number of methoxy groups -OCH3 is 2. The Morgan fingerprint density at radius 3 is 2.71 bits per heavy atom. The summed E-state index contributed by atoms with van der Waals surface area (Å²) in [7, 11) is 3.30. The average molecular weight is 267 g/mol. The third-order valence-corrected chi connectivity index (χ3v) is 3.93. The smallest absolute Gasteiger partial charge is 0.129 e. The minimum atomic E-state index is 0.698. The summed E-state index contributed by atoms with van der Waals surface area (Å²) >= 11 is 5.85. The molecule has 0 radical (unpaired) electrons. The van der Waals surface area contributed by atoms with E-state index in [-0.39, 0.29) is 0 Å². The number of hydrogen-bond donors (Lipinski definition) is 1. The van der Waals surface area contributed by atoms with Gasteiger partial charge in [-0.3, -0.25) is 0 Å². The van der Waals surface area contributed by atoms with Gasteiger partial charge in [0.25, 0.3) is 0 Å². The molecule has 17 heavy (non-hydrogen) atoms. The van der Waals surface area contributed by atoms with Gasteiger partial charge in [0.15, 0.2) is 0 Å². The molecular formula is C12H13NO2S2. The third kappa shape index (κ3) is 2.56. The average Bonchev–Trinajstić information content (AvgIpc) is 2.86. The molecule has 0 bridgehead atoms. The van der Waals surface area contributed by atoms with Gasteiger partial charge in [0, 0.05) is 16.8 Å². The SMILES string of the molecule is COc1ccc(OC)c(-c2ncc(CS)s2)c1. The van der Waals surface area contributed by atoms with E-state index in [1.165, 1.54) is 0 Å². The van der Waals surface area contributed by atoms with Crippen LogP contribution in [0, 0.1) is 0 Å². The van der Waals surface area contributed by atoms with Crippen molar-refractivity contribution in [1.82, 2.24) is 4.98 Å². The summed E-state index contributed by atoms with van der Waals surface area (Å²) in [5.74, 6) is 2.29. The predicted octanol–water partition coefficient (Wildman–Crippen LogP) is 3.26. The van der Waals surface area contributed by atoms with E-state index in [1.54, 1.807) is 25.6 Å². The third-order valence-electron chi connectivity index (χ3n) is 2.35. The topological polar surface area (TPSA) is 31.4 Å². The van der Waals surface area contributed by atoms with Crippen molar-refractivity contribution >= 4 is 24.0 Å². The Labute approximate surface area is 110 Å². The molecule has 0 N–H and O–H groups in total. The van der Waals surface area contributed by atoms with Crippen LogP contribution < -0.4 is 9.47 Å². The second kappa shape index (κ2) is 5.42. The van der Waals surface area contributed by atoms with E-state index in [1.807, 2.05) is 24.4 Å². The molecule has 0 aliphatic carbocycles. The predicted molar refractivity (Wildman–Crippen MR) is 73.3 cm³/mol. The lowest BCUT2D eigenvalue weighted by molar-refractivity contribution is 0.404. The molecule has 2 aromatic rings. The highest BCUT2D eigenvalue weighted by atomic mass is 32.1. The van der Waals surface area contributed by atoms with Gasteiger partial charge in [-0.1, -0.05) is 0 Å². The Morgan fingerprint density at radius 2 is 2.12 bits per heavy atom. The van der Waals surface area contributed by atoms with Gasteiger partial charge in [0.1, 0.15) is 16.5 Å². The molecule has 1 aromatic heterocycles. The molecule has 0 spiro atoms. The van der Waals surface area contributed by atoms with Crippen molar-refractivity contribution < 1.29 is 9.47 Å². The number of nitrogens with zero attached hydrogens (tertiary/aromatic N) is 1. The summed E-state index contributed by atoms with van der Waals surface area (Å²) in [6, 6.07) is 5.69. The number of benzene rings is 1. The number of aromatic nitrogens is 1. The van der Waals surface area contributed by atoms with Gasteiger partial charge in [0.05, 0.1) is 19.8 Å². The summed E-state index contributed by atoms with van der Waals surface area (Å²) in [6.45, 7) is 0. The van der Waals surface area contributed by atoms with Crippen LogP contribution in [0.5, 0.6) is 11.5 Å². The number of thiazole rings is 1. The maximum Gasteiger partial charge on any atom is 0.129 e. The van der Waals surface area contributed by atoms with Crippen molar-refractivity contribution in [3.63, 3.8) is 0 Å². The zero-order valence-corrected chi connectivity index (χ0v) is 11.3. The molecule has 0 saturated heterocycles. The highest BCUT2D eigenvalue weighted by Crippen LogP contribution is 2.35. The molecule has 90 valence electrons.